The summed E-state index contributed by atoms with van der Waals surface area (Å²) in [6.45, 7) is 11.9. The first-order chi connectivity index (χ1) is 5.93. The van der Waals surface area contributed by atoms with E-state index in [0.717, 1.165) is 6.61 Å². The molecule has 1 heterocycles. The summed E-state index contributed by atoms with van der Waals surface area (Å²) in [6.07, 6.45) is 0.213. The summed E-state index contributed by atoms with van der Waals surface area (Å²) in [6, 6.07) is 0.187. The van der Waals surface area contributed by atoms with E-state index in [2.05, 4.69) is 34.6 Å². The van der Waals surface area contributed by atoms with Crippen molar-refractivity contribution in [3.05, 3.63) is 0 Å². The second kappa shape index (κ2) is 3.58. The summed E-state index contributed by atoms with van der Waals surface area (Å²) in [5, 5.41) is 0. The van der Waals surface area contributed by atoms with Crippen LogP contribution < -0.4 is 5.73 Å². The Bertz CT molecular complexity index is 169. The first kappa shape index (κ1) is 11.0. The standard InChI is InChI=1S/C11H23NO/c1-7(2)11(8(3)4)6-13-9(5)10(11)12/h7-10H,6,12H2,1-5H3/t9-,10+/m0/s1. The lowest BCUT2D eigenvalue weighted by atomic mass is 9.65. The van der Waals surface area contributed by atoms with E-state index in [0.29, 0.717) is 11.8 Å². The molecule has 0 aliphatic carbocycles. The highest BCUT2D eigenvalue weighted by atomic mass is 16.5. The molecule has 13 heavy (non-hydrogen) atoms. The minimum atomic E-state index is 0.180. The van der Waals surface area contributed by atoms with Gasteiger partial charge in [-0.3, -0.25) is 0 Å². The molecule has 0 radical (unpaired) electrons. The third-order valence-corrected chi connectivity index (χ3v) is 3.87. The molecule has 0 bridgehead atoms. The van der Waals surface area contributed by atoms with Gasteiger partial charge in [0, 0.05) is 11.5 Å². The first-order valence-corrected chi connectivity index (χ1v) is 5.30. The summed E-state index contributed by atoms with van der Waals surface area (Å²) >= 11 is 0. The molecule has 78 valence electrons. The number of rotatable bonds is 2. The van der Waals surface area contributed by atoms with Gasteiger partial charge in [0.2, 0.25) is 0 Å². The van der Waals surface area contributed by atoms with Crippen LogP contribution in [0.25, 0.3) is 0 Å². The maximum atomic E-state index is 6.23. The van der Waals surface area contributed by atoms with E-state index >= 15 is 0 Å². The summed E-state index contributed by atoms with van der Waals surface area (Å²) in [7, 11) is 0. The molecule has 2 atom stereocenters. The second-order valence-corrected chi connectivity index (χ2v) is 4.96. The van der Waals surface area contributed by atoms with Crippen LogP contribution in [0.15, 0.2) is 0 Å². The van der Waals surface area contributed by atoms with Crippen LogP contribution in [-0.2, 0) is 4.74 Å². The van der Waals surface area contributed by atoms with Gasteiger partial charge in [0.15, 0.2) is 0 Å². The van der Waals surface area contributed by atoms with Crippen LogP contribution in [0.3, 0.4) is 0 Å². The second-order valence-electron chi connectivity index (χ2n) is 4.96. The molecular formula is C11H23NO. The molecule has 1 aliphatic heterocycles. The molecule has 1 aliphatic rings. The maximum Gasteiger partial charge on any atom is 0.0704 e. The fraction of sp³-hybridized carbons (Fsp3) is 1.00. The highest BCUT2D eigenvalue weighted by molar-refractivity contribution is 5.01. The van der Waals surface area contributed by atoms with E-state index in [1.54, 1.807) is 0 Å². The predicted molar refractivity (Wildman–Crippen MR) is 55.5 cm³/mol. The Morgan fingerprint density at radius 2 is 1.69 bits per heavy atom. The van der Waals surface area contributed by atoms with E-state index in [9.17, 15) is 0 Å². The van der Waals surface area contributed by atoms with Crippen molar-refractivity contribution < 1.29 is 4.74 Å². The van der Waals surface area contributed by atoms with Gasteiger partial charge in [-0.1, -0.05) is 27.7 Å². The lowest BCUT2D eigenvalue weighted by molar-refractivity contribution is 0.0620. The molecule has 1 saturated heterocycles. The average molecular weight is 185 g/mol. The van der Waals surface area contributed by atoms with Crippen molar-refractivity contribution in [2.75, 3.05) is 6.61 Å². The van der Waals surface area contributed by atoms with Gasteiger partial charge in [0.1, 0.15) is 0 Å². The Morgan fingerprint density at radius 3 is 1.85 bits per heavy atom. The van der Waals surface area contributed by atoms with Crippen molar-refractivity contribution in [3.63, 3.8) is 0 Å². The Morgan fingerprint density at radius 1 is 1.23 bits per heavy atom. The maximum absolute atomic E-state index is 6.23. The zero-order valence-electron chi connectivity index (χ0n) is 9.50. The SMILES string of the molecule is CC(C)C1(C(C)C)CO[C@@H](C)[C@H]1N. The van der Waals surface area contributed by atoms with Gasteiger partial charge < -0.3 is 10.5 Å². The number of ether oxygens (including phenoxy) is 1. The van der Waals surface area contributed by atoms with Gasteiger partial charge in [-0.05, 0) is 18.8 Å². The summed E-state index contributed by atoms with van der Waals surface area (Å²) in [5.74, 6) is 1.18. The molecule has 0 aromatic carbocycles. The van der Waals surface area contributed by atoms with Gasteiger partial charge >= 0.3 is 0 Å². The minimum Gasteiger partial charge on any atom is -0.376 e. The van der Waals surface area contributed by atoms with Crippen molar-refractivity contribution in [1.82, 2.24) is 0 Å². The van der Waals surface area contributed by atoms with Crippen molar-refractivity contribution >= 4 is 0 Å². The Hall–Kier alpha value is -0.0800. The molecule has 0 spiro atoms. The summed E-state index contributed by atoms with van der Waals surface area (Å²) in [5.41, 5.74) is 6.41. The fourth-order valence-corrected chi connectivity index (χ4v) is 2.68. The first-order valence-electron chi connectivity index (χ1n) is 5.30. The van der Waals surface area contributed by atoms with Crippen LogP contribution in [0, 0.1) is 17.3 Å². The molecule has 2 N–H and O–H groups in total. The van der Waals surface area contributed by atoms with Crippen LogP contribution >= 0.6 is 0 Å². The van der Waals surface area contributed by atoms with Gasteiger partial charge in [-0.15, -0.1) is 0 Å². The molecule has 2 heteroatoms. The highest BCUT2D eigenvalue weighted by Gasteiger charge is 2.49. The van der Waals surface area contributed by atoms with Crippen LogP contribution in [0.2, 0.25) is 0 Å². The van der Waals surface area contributed by atoms with E-state index in [1.165, 1.54) is 0 Å². The summed E-state index contributed by atoms with van der Waals surface area (Å²) < 4.78 is 5.68. The monoisotopic (exact) mass is 185 g/mol. The highest BCUT2D eigenvalue weighted by Crippen LogP contribution is 2.44. The molecule has 0 aromatic heterocycles. The molecule has 0 saturated carbocycles. The minimum absolute atomic E-state index is 0.180. The molecule has 1 rings (SSSR count). The quantitative estimate of drug-likeness (QED) is 0.714. The van der Waals surface area contributed by atoms with E-state index in [-0.39, 0.29) is 17.6 Å². The predicted octanol–water partition coefficient (Wildman–Crippen LogP) is 2.03. The molecule has 0 amide bonds. The molecule has 0 unspecified atom stereocenters. The largest absolute Gasteiger partial charge is 0.376 e. The fourth-order valence-electron chi connectivity index (χ4n) is 2.68. The van der Waals surface area contributed by atoms with Crippen molar-refractivity contribution in [2.45, 2.75) is 46.8 Å². The third-order valence-electron chi connectivity index (χ3n) is 3.87. The number of nitrogens with two attached hydrogens (primary N) is 1. The van der Waals surface area contributed by atoms with Crippen LogP contribution in [0.4, 0.5) is 0 Å². The number of hydrogen-bond acceptors (Lipinski definition) is 2. The van der Waals surface area contributed by atoms with E-state index in [4.69, 9.17) is 10.5 Å². The molecule has 1 fully saturated rings. The number of hydrogen-bond donors (Lipinski definition) is 1. The van der Waals surface area contributed by atoms with Crippen molar-refractivity contribution in [1.29, 1.82) is 0 Å². The van der Waals surface area contributed by atoms with Gasteiger partial charge in [0.05, 0.1) is 12.7 Å². The van der Waals surface area contributed by atoms with Crippen LogP contribution in [0.1, 0.15) is 34.6 Å². The van der Waals surface area contributed by atoms with E-state index in [1.807, 2.05) is 0 Å². The Kier molecular flexibility index (Phi) is 3.03. The zero-order chi connectivity index (χ0) is 10.2. The lowest BCUT2D eigenvalue weighted by Gasteiger charge is -2.40. The summed E-state index contributed by atoms with van der Waals surface area (Å²) in [4.78, 5) is 0. The van der Waals surface area contributed by atoms with Gasteiger partial charge in [-0.25, -0.2) is 0 Å². The third kappa shape index (κ3) is 1.50. The zero-order valence-corrected chi connectivity index (χ0v) is 9.50. The molecule has 2 nitrogen and oxygen atoms in total. The lowest BCUT2D eigenvalue weighted by Crippen LogP contribution is -2.50. The van der Waals surface area contributed by atoms with Crippen LogP contribution in [0.5, 0.6) is 0 Å². The van der Waals surface area contributed by atoms with Crippen molar-refractivity contribution in [3.8, 4) is 0 Å². The van der Waals surface area contributed by atoms with Crippen molar-refractivity contribution in [2.24, 2.45) is 23.0 Å². The molecule has 0 aromatic rings. The molecular weight excluding hydrogens is 162 g/mol. The smallest absolute Gasteiger partial charge is 0.0704 e. The topological polar surface area (TPSA) is 35.2 Å². The van der Waals surface area contributed by atoms with Gasteiger partial charge in [0.25, 0.3) is 0 Å². The van der Waals surface area contributed by atoms with Gasteiger partial charge in [-0.2, -0.15) is 0 Å². The van der Waals surface area contributed by atoms with E-state index < -0.39 is 0 Å². The Balaban J connectivity index is 2.92. The average Bonchev–Trinajstić information content (AvgIpc) is 2.30. The Labute approximate surface area is 81.8 Å². The van der Waals surface area contributed by atoms with Crippen LogP contribution in [-0.4, -0.2) is 18.8 Å². The normalized spacial score (nSPS) is 33.2.